The average Bonchev–Trinajstić information content (AvgIpc) is 3.50. The van der Waals surface area contributed by atoms with Crippen LogP contribution in [0.4, 0.5) is 0 Å². The van der Waals surface area contributed by atoms with E-state index in [1.165, 1.54) is 0 Å². The lowest BCUT2D eigenvalue weighted by molar-refractivity contribution is 0.197. The second kappa shape index (κ2) is 7.02. The topological polar surface area (TPSA) is 94.1 Å². The van der Waals surface area contributed by atoms with Crippen molar-refractivity contribution in [3.05, 3.63) is 48.1 Å². The minimum absolute atomic E-state index is 0.0427. The van der Waals surface area contributed by atoms with Crippen molar-refractivity contribution in [2.75, 3.05) is 0 Å². The van der Waals surface area contributed by atoms with Crippen molar-refractivity contribution in [2.24, 2.45) is 5.92 Å². The molecule has 1 aliphatic carbocycles. The third kappa shape index (κ3) is 2.99. The molecule has 30 heavy (non-hydrogen) atoms. The first-order chi connectivity index (χ1) is 14.4. The molecule has 3 heterocycles. The van der Waals surface area contributed by atoms with E-state index in [9.17, 15) is 8.42 Å². The smallest absolute Gasteiger partial charge is 0.247 e. The zero-order chi connectivity index (χ0) is 21.0. The Balaban J connectivity index is 1.54. The van der Waals surface area contributed by atoms with Crippen molar-refractivity contribution in [3.8, 4) is 11.4 Å². The molecule has 158 valence electrons. The molecular formula is C21H25N5O3S. The van der Waals surface area contributed by atoms with Gasteiger partial charge in [-0.05, 0) is 46.0 Å². The van der Waals surface area contributed by atoms with Crippen molar-refractivity contribution >= 4 is 10.0 Å². The van der Waals surface area contributed by atoms with Crippen molar-refractivity contribution in [1.82, 2.24) is 24.2 Å². The molecule has 0 amide bonds. The Hall–Kier alpha value is -2.52. The Kier molecular flexibility index (Phi) is 4.55. The summed E-state index contributed by atoms with van der Waals surface area (Å²) < 4.78 is 36.4. The first-order valence-electron chi connectivity index (χ1n) is 10.3. The van der Waals surface area contributed by atoms with Crippen LogP contribution in [0, 0.1) is 12.8 Å². The lowest BCUT2D eigenvalue weighted by atomic mass is 10.00. The molecule has 0 N–H and O–H groups in total. The minimum Gasteiger partial charge on any atom is -0.337 e. The van der Waals surface area contributed by atoms with E-state index in [4.69, 9.17) is 4.52 Å². The number of hydrogen-bond acceptors (Lipinski definition) is 6. The van der Waals surface area contributed by atoms with Crippen LogP contribution < -0.4 is 0 Å². The van der Waals surface area contributed by atoms with E-state index in [1.54, 1.807) is 22.1 Å². The molecule has 0 spiro atoms. The molecule has 8 nitrogen and oxygen atoms in total. The van der Waals surface area contributed by atoms with Gasteiger partial charge in [0.2, 0.25) is 21.7 Å². The summed E-state index contributed by atoms with van der Waals surface area (Å²) >= 11 is 0. The summed E-state index contributed by atoms with van der Waals surface area (Å²) in [6, 6.07) is 9.18. The Morgan fingerprint density at radius 2 is 1.93 bits per heavy atom. The summed E-state index contributed by atoms with van der Waals surface area (Å²) in [7, 11) is -3.74. The standard InChI is InChI=1S/C21H25N5O3S/c1-13(2)25-12-18(14(3)23-25)30(27,28)26-17-10-9-16(11-17)19(26)21-22-20(24-29-21)15-7-5-4-6-8-15/h4-8,12-13,16-17,19H,9-11H2,1-3H3/t16?,17?,19-/m1/s1. The number of nitrogens with zero attached hydrogens (tertiary/aromatic N) is 5. The summed E-state index contributed by atoms with van der Waals surface area (Å²) in [5.74, 6) is 1.04. The molecule has 1 saturated carbocycles. The second-order valence-electron chi connectivity index (χ2n) is 8.48. The predicted octanol–water partition coefficient (Wildman–Crippen LogP) is 3.74. The highest BCUT2D eigenvalue weighted by Crippen LogP contribution is 2.52. The Morgan fingerprint density at radius 1 is 1.17 bits per heavy atom. The number of aromatic nitrogens is 4. The molecule has 2 fully saturated rings. The van der Waals surface area contributed by atoms with Crippen molar-refractivity contribution < 1.29 is 12.9 Å². The van der Waals surface area contributed by atoms with Gasteiger partial charge < -0.3 is 4.52 Å². The zero-order valence-electron chi connectivity index (χ0n) is 17.3. The molecule has 5 rings (SSSR count). The maximum absolute atomic E-state index is 13.7. The van der Waals surface area contributed by atoms with E-state index in [2.05, 4.69) is 15.2 Å². The van der Waals surface area contributed by atoms with Gasteiger partial charge in [0.25, 0.3) is 0 Å². The number of hydrogen-bond donors (Lipinski definition) is 0. The molecule has 3 aromatic rings. The molecule has 1 aliphatic heterocycles. The van der Waals surface area contributed by atoms with Crippen molar-refractivity contribution in [3.63, 3.8) is 0 Å². The molecule has 2 aliphatic rings. The van der Waals surface area contributed by atoms with Gasteiger partial charge in [-0.1, -0.05) is 35.5 Å². The first kappa shape index (κ1) is 19.4. The number of benzene rings is 1. The molecule has 1 aromatic carbocycles. The molecule has 1 saturated heterocycles. The summed E-state index contributed by atoms with van der Waals surface area (Å²) in [4.78, 5) is 4.85. The van der Waals surface area contributed by atoms with Crippen LogP contribution in [0.5, 0.6) is 0 Å². The SMILES string of the molecule is Cc1nn(C(C)C)cc1S(=O)(=O)N1C2CCC(C2)[C@@H]1c1nc(-c2ccccc2)no1. The van der Waals surface area contributed by atoms with Crippen LogP contribution in [0.25, 0.3) is 11.4 Å². The van der Waals surface area contributed by atoms with E-state index in [1.807, 2.05) is 44.2 Å². The molecule has 0 radical (unpaired) electrons. The maximum atomic E-state index is 13.7. The van der Waals surface area contributed by atoms with Gasteiger partial charge >= 0.3 is 0 Å². The summed E-state index contributed by atoms with van der Waals surface area (Å²) in [5, 5.41) is 8.54. The lowest BCUT2D eigenvalue weighted by Gasteiger charge is -2.31. The second-order valence-corrected chi connectivity index (χ2v) is 10.3. The minimum atomic E-state index is -3.74. The molecule has 9 heteroatoms. The van der Waals surface area contributed by atoms with E-state index in [0.717, 1.165) is 24.8 Å². The van der Waals surface area contributed by atoms with Gasteiger partial charge in [0.05, 0.1) is 5.69 Å². The van der Waals surface area contributed by atoms with Crippen LogP contribution in [-0.2, 0) is 10.0 Å². The Labute approximate surface area is 175 Å². The predicted molar refractivity (Wildman–Crippen MR) is 110 cm³/mol. The monoisotopic (exact) mass is 427 g/mol. The van der Waals surface area contributed by atoms with Gasteiger partial charge in [0.15, 0.2) is 0 Å². The third-order valence-corrected chi connectivity index (χ3v) is 8.25. The highest BCUT2D eigenvalue weighted by atomic mass is 32.2. The van der Waals surface area contributed by atoms with Crippen LogP contribution in [-0.4, -0.2) is 38.7 Å². The fourth-order valence-electron chi connectivity index (χ4n) is 4.76. The van der Waals surface area contributed by atoms with Crippen LogP contribution >= 0.6 is 0 Å². The van der Waals surface area contributed by atoms with E-state index in [-0.39, 0.29) is 22.9 Å². The molecule has 2 aromatic heterocycles. The van der Waals surface area contributed by atoms with E-state index < -0.39 is 16.1 Å². The van der Waals surface area contributed by atoms with Gasteiger partial charge in [-0.2, -0.15) is 14.4 Å². The Bertz CT molecular complexity index is 1170. The number of aryl methyl sites for hydroxylation is 1. The fourth-order valence-corrected chi connectivity index (χ4v) is 6.78. The molecule has 2 bridgehead atoms. The lowest BCUT2D eigenvalue weighted by Crippen LogP contribution is -2.40. The van der Waals surface area contributed by atoms with Gasteiger partial charge in [-0.25, -0.2) is 8.42 Å². The number of piperidine rings is 1. The third-order valence-electron chi connectivity index (χ3n) is 6.21. The largest absolute Gasteiger partial charge is 0.337 e. The summed E-state index contributed by atoms with van der Waals surface area (Å²) in [5.41, 5.74) is 1.36. The molecule has 3 atom stereocenters. The average molecular weight is 428 g/mol. The van der Waals surface area contributed by atoms with E-state index >= 15 is 0 Å². The van der Waals surface area contributed by atoms with Gasteiger partial charge in [0.1, 0.15) is 10.9 Å². The summed E-state index contributed by atoms with van der Waals surface area (Å²) in [6.45, 7) is 5.70. The van der Waals surface area contributed by atoms with Crippen molar-refractivity contribution in [2.45, 2.75) is 63.1 Å². The van der Waals surface area contributed by atoms with Gasteiger partial charge in [0, 0.05) is 23.8 Å². The normalized spacial score (nSPS) is 24.2. The molecule has 2 unspecified atom stereocenters. The quantitative estimate of drug-likeness (QED) is 0.616. The molecular weight excluding hydrogens is 402 g/mol. The number of fused-ring (bicyclic) bond motifs is 2. The van der Waals surface area contributed by atoms with Crippen LogP contribution in [0.1, 0.15) is 56.8 Å². The van der Waals surface area contributed by atoms with Crippen LogP contribution in [0.2, 0.25) is 0 Å². The number of rotatable bonds is 5. The van der Waals surface area contributed by atoms with E-state index in [0.29, 0.717) is 17.4 Å². The highest BCUT2D eigenvalue weighted by molar-refractivity contribution is 7.89. The van der Waals surface area contributed by atoms with Gasteiger partial charge in [-0.3, -0.25) is 4.68 Å². The van der Waals surface area contributed by atoms with Gasteiger partial charge in [-0.15, -0.1) is 0 Å². The number of sulfonamides is 1. The Morgan fingerprint density at radius 3 is 2.63 bits per heavy atom. The highest BCUT2D eigenvalue weighted by Gasteiger charge is 2.54. The summed E-state index contributed by atoms with van der Waals surface area (Å²) in [6.07, 6.45) is 4.29. The zero-order valence-corrected chi connectivity index (χ0v) is 18.1. The maximum Gasteiger partial charge on any atom is 0.247 e. The van der Waals surface area contributed by atoms with Crippen LogP contribution in [0.3, 0.4) is 0 Å². The van der Waals surface area contributed by atoms with Crippen LogP contribution in [0.15, 0.2) is 45.9 Å². The van der Waals surface area contributed by atoms with Crippen molar-refractivity contribution in [1.29, 1.82) is 0 Å². The fraction of sp³-hybridized carbons (Fsp3) is 0.476. The first-order valence-corrected chi connectivity index (χ1v) is 11.8.